The van der Waals surface area contributed by atoms with Crippen molar-refractivity contribution in [3.63, 3.8) is 0 Å². The molecule has 0 aliphatic rings. The molecule has 0 fully saturated rings. The highest BCUT2D eigenvalue weighted by Gasteiger charge is 2.10. The number of rotatable bonds is 7. The van der Waals surface area contributed by atoms with Crippen molar-refractivity contribution in [1.82, 2.24) is 5.32 Å². The van der Waals surface area contributed by atoms with Crippen LogP contribution in [0.4, 0.5) is 4.39 Å². The van der Waals surface area contributed by atoms with E-state index in [0.717, 1.165) is 0 Å². The number of ether oxygens (including phenoxy) is 1. The average molecular weight is 256 g/mol. The number of halogens is 1. The summed E-state index contributed by atoms with van der Waals surface area (Å²) in [4.78, 5) is 10.5. The van der Waals surface area contributed by atoms with E-state index in [9.17, 15) is 9.18 Å². The molecular formula is C12H17FN2O3. The zero-order chi connectivity index (χ0) is 13.5. The molecule has 5 nitrogen and oxygen atoms in total. The third-order valence-electron chi connectivity index (χ3n) is 2.31. The highest BCUT2D eigenvalue weighted by Crippen LogP contribution is 2.18. The Kier molecular flexibility index (Phi) is 5.54. The number of aliphatic carboxylic acids is 1. The Morgan fingerprint density at radius 3 is 2.89 bits per heavy atom. The minimum Gasteiger partial charge on any atom is -0.491 e. The lowest BCUT2D eigenvalue weighted by atomic mass is 10.2. The van der Waals surface area contributed by atoms with Gasteiger partial charge in [-0.15, -0.1) is 0 Å². The van der Waals surface area contributed by atoms with Gasteiger partial charge in [0.2, 0.25) is 0 Å². The number of carboxylic acids is 1. The van der Waals surface area contributed by atoms with Gasteiger partial charge < -0.3 is 20.9 Å². The van der Waals surface area contributed by atoms with E-state index >= 15 is 0 Å². The Morgan fingerprint density at radius 1 is 1.61 bits per heavy atom. The zero-order valence-corrected chi connectivity index (χ0v) is 10.1. The number of hydrogen-bond acceptors (Lipinski definition) is 4. The van der Waals surface area contributed by atoms with Crippen molar-refractivity contribution in [2.75, 3.05) is 13.2 Å². The summed E-state index contributed by atoms with van der Waals surface area (Å²) in [6, 6.07) is 3.66. The minimum absolute atomic E-state index is 0.129. The molecule has 0 radical (unpaired) electrons. The van der Waals surface area contributed by atoms with Crippen LogP contribution in [-0.2, 0) is 11.3 Å². The smallest absolute Gasteiger partial charge is 0.321 e. The molecule has 1 unspecified atom stereocenters. The molecule has 18 heavy (non-hydrogen) atoms. The first-order valence-corrected chi connectivity index (χ1v) is 5.65. The molecule has 0 saturated heterocycles. The predicted octanol–water partition coefficient (Wildman–Crippen LogP) is 0.726. The van der Waals surface area contributed by atoms with Crippen LogP contribution in [0.3, 0.4) is 0 Å². The topological polar surface area (TPSA) is 84.6 Å². The van der Waals surface area contributed by atoms with Gasteiger partial charge in [0, 0.05) is 13.1 Å². The number of carbonyl (C=O) groups is 1. The summed E-state index contributed by atoms with van der Waals surface area (Å²) in [6.45, 7) is 2.67. The monoisotopic (exact) mass is 256 g/mol. The lowest BCUT2D eigenvalue weighted by Gasteiger charge is -2.10. The van der Waals surface area contributed by atoms with Crippen molar-refractivity contribution in [2.24, 2.45) is 5.73 Å². The summed E-state index contributed by atoms with van der Waals surface area (Å²) in [5, 5.41) is 11.4. The molecule has 100 valence electrons. The van der Waals surface area contributed by atoms with Crippen LogP contribution in [0.15, 0.2) is 18.2 Å². The van der Waals surface area contributed by atoms with Gasteiger partial charge in [0.05, 0.1) is 6.61 Å². The highest BCUT2D eigenvalue weighted by atomic mass is 19.1. The molecule has 0 heterocycles. The quantitative estimate of drug-likeness (QED) is 0.669. The van der Waals surface area contributed by atoms with E-state index in [1.54, 1.807) is 19.1 Å². The number of nitrogens with one attached hydrogen (secondary N) is 1. The predicted molar refractivity (Wildman–Crippen MR) is 64.9 cm³/mol. The molecule has 1 atom stereocenters. The van der Waals surface area contributed by atoms with Crippen molar-refractivity contribution in [3.8, 4) is 5.75 Å². The fraction of sp³-hybridized carbons (Fsp3) is 0.417. The average Bonchev–Trinajstić information content (AvgIpc) is 2.32. The van der Waals surface area contributed by atoms with Gasteiger partial charge in [0.25, 0.3) is 0 Å². The molecule has 1 aromatic rings. The van der Waals surface area contributed by atoms with Crippen LogP contribution in [0.25, 0.3) is 0 Å². The first-order valence-electron chi connectivity index (χ1n) is 5.65. The summed E-state index contributed by atoms with van der Waals surface area (Å²) < 4.78 is 18.6. The van der Waals surface area contributed by atoms with Crippen LogP contribution in [0.2, 0.25) is 0 Å². The van der Waals surface area contributed by atoms with E-state index in [2.05, 4.69) is 5.32 Å². The molecule has 1 rings (SSSR count). The van der Waals surface area contributed by atoms with E-state index in [-0.39, 0.29) is 12.3 Å². The number of hydrogen-bond donors (Lipinski definition) is 3. The molecule has 0 spiro atoms. The summed E-state index contributed by atoms with van der Waals surface area (Å²) in [6.07, 6.45) is 0. The Bertz CT molecular complexity index is 412. The molecule has 6 heteroatoms. The molecule has 0 saturated carbocycles. The molecule has 0 aliphatic carbocycles. The van der Waals surface area contributed by atoms with Crippen molar-refractivity contribution < 1.29 is 19.0 Å². The second-order valence-electron chi connectivity index (χ2n) is 3.77. The van der Waals surface area contributed by atoms with Crippen molar-refractivity contribution >= 4 is 5.97 Å². The molecule has 1 aromatic carbocycles. The molecule has 0 aliphatic heterocycles. The van der Waals surface area contributed by atoms with Crippen LogP contribution in [0.1, 0.15) is 12.5 Å². The molecule has 0 aromatic heterocycles. The molecular weight excluding hydrogens is 239 g/mol. The van der Waals surface area contributed by atoms with Gasteiger partial charge in [0.15, 0.2) is 11.6 Å². The number of carboxylic acid groups (broad SMARTS) is 1. The normalized spacial score (nSPS) is 12.2. The van der Waals surface area contributed by atoms with Gasteiger partial charge in [0.1, 0.15) is 6.04 Å². The fourth-order valence-corrected chi connectivity index (χ4v) is 1.39. The first-order chi connectivity index (χ1) is 8.54. The largest absolute Gasteiger partial charge is 0.491 e. The van der Waals surface area contributed by atoms with Crippen LogP contribution in [0.5, 0.6) is 5.75 Å². The Balaban J connectivity index is 2.48. The SMILES string of the molecule is CCOc1ccc(CNCC(N)C(=O)O)cc1F. The first kappa shape index (κ1) is 14.4. The van der Waals surface area contributed by atoms with Gasteiger partial charge in [-0.3, -0.25) is 4.79 Å². The van der Waals surface area contributed by atoms with Gasteiger partial charge >= 0.3 is 5.97 Å². The van der Waals surface area contributed by atoms with E-state index < -0.39 is 17.8 Å². The van der Waals surface area contributed by atoms with Crippen LogP contribution in [0, 0.1) is 5.82 Å². The van der Waals surface area contributed by atoms with Gasteiger partial charge in [-0.05, 0) is 24.6 Å². The van der Waals surface area contributed by atoms with Gasteiger partial charge in [-0.1, -0.05) is 6.07 Å². The maximum absolute atomic E-state index is 13.5. The number of benzene rings is 1. The van der Waals surface area contributed by atoms with E-state index in [4.69, 9.17) is 15.6 Å². The minimum atomic E-state index is -1.07. The van der Waals surface area contributed by atoms with Crippen molar-refractivity contribution in [3.05, 3.63) is 29.6 Å². The van der Waals surface area contributed by atoms with Crippen LogP contribution < -0.4 is 15.8 Å². The lowest BCUT2D eigenvalue weighted by molar-refractivity contribution is -0.138. The van der Waals surface area contributed by atoms with E-state index in [1.807, 2.05) is 0 Å². The Morgan fingerprint density at radius 2 is 2.33 bits per heavy atom. The Hall–Kier alpha value is -1.66. The second kappa shape index (κ2) is 6.93. The third-order valence-corrected chi connectivity index (χ3v) is 2.31. The molecule has 4 N–H and O–H groups in total. The number of nitrogens with two attached hydrogens (primary N) is 1. The summed E-state index contributed by atoms with van der Waals surface area (Å²) in [5.41, 5.74) is 6.02. The third kappa shape index (κ3) is 4.31. The maximum Gasteiger partial charge on any atom is 0.321 e. The maximum atomic E-state index is 13.5. The van der Waals surface area contributed by atoms with Crippen LogP contribution in [-0.4, -0.2) is 30.3 Å². The summed E-state index contributed by atoms with van der Waals surface area (Å²) >= 11 is 0. The highest BCUT2D eigenvalue weighted by molar-refractivity contribution is 5.73. The summed E-state index contributed by atoms with van der Waals surface area (Å²) in [7, 11) is 0. The van der Waals surface area contributed by atoms with Crippen molar-refractivity contribution in [1.29, 1.82) is 0 Å². The van der Waals surface area contributed by atoms with Crippen molar-refractivity contribution in [2.45, 2.75) is 19.5 Å². The molecule has 0 bridgehead atoms. The van der Waals surface area contributed by atoms with E-state index in [0.29, 0.717) is 18.7 Å². The standard InChI is InChI=1S/C12H17FN2O3/c1-2-18-11-4-3-8(5-9(11)13)6-15-7-10(14)12(16)17/h3-5,10,15H,2,6-7,14H2,1H3,(H,16,17). The van der Waals surface area contributed by atoms with E-state index in [1.165, 1.54) is 6.07 Å². The second-order valence-corrected chi connectivity index (χ2v) is 3.77. The Labute approximate surface area is 105 Å². The fourth-order valence-electron chi connectivity index (χ4n) is 1.39. The van der Waals surface area contributed by atoms with Gasteiger partial charge in [-0.2, -0.15) is 0 Å². The van der Waals surface area contributed by atoms with Crippen LogP contribution >= 0.6 is 0 Å². The summed E-state index contributed by atoms with van der Waals surface area (Å²) in [5.74, 6) is -1.29. The lowest BCUT2D eigenvalue weighted by Crippen LogP contribution is -2.40. The molecule has 0 amide bonds. The zero-order valence-electron chi connectivity index (χ0n) is 10.1. The van der Waals surface area contributed by atoms with Gasteiger partial charge in [-0.25, -0.2) is 4.39 Å².